The Morgan fingerprint density at radius 3 is 2.50 bits per heavy atom. The van der Waals surface area contributed by atoms with Crippen LogP contribution in [0.1, 0.15) is 19.4 Å². The van der Waals surface area contributed by atoms with Gasteiger partial charge in [0.15, 0.2) is 5.78 Å². The molecule has 0 aliphatic rings. The number of benzene rings is 1. The molecule has 1 aromatic rings. The average molecular weight is 221 g/mol. The normalized spacial score (nSPS) is 11.8. The van der Waals surface area contributed by atoms with Crippen LogP contribution in [0.15, 0.2) is 24.3 Å². The molecule has 0 radical (unpaired) electrons. The molecule has 1 rings (SSSR count). The number of hydrogen-bond donors (Lipinski definition) is 1. The third-order valence-corrected chi connectivity index (χ3v) is 3.08. The van der Waals surface area contributed by atoms with Gasteiger partial charge >= 0.3 is 0 Å². The second-order valence-corrected chi connectivity index (χ2v) is 4.72. The third kappa shape index (κ3) is 2.83. The van der Waals surface area contributed by atoms with Gasteiger partial charge in [0.25, 0.3) is 0 Å². The Morgan fingerprint density at radius 1 is 1.38 bits per heavy atom. The Kier molecular flexibility index (Phi) is 3.70. The van der Waals surface area contributed by atoms with Crippen LogP contribution in [0.2, 0.25) is 0 Å². The van der Waals surface area contributed by atoms with Crippen LogP contribution < -0.4 is 0 Å². The van der Waals surface area contributed by atoms with Crippen LogP contribution >= 0.6 is 0 Å². The van der Waals surface area contributed by atoms with Crippen molar-refractivity contribution in [1.82, 2.24) is 4.90 Å². The van der Waals surface area contributed by atoms with Crippen molar-refractivity contribution in [3.05, 3.63) is 29.8 Å². The number of rotatable bonds is 4. The Hall–Kier alpha value is -1.35. The fraction of sp³-hybridized carbons (Fsp3) is 0.462. The summed E-state index contributed by atoms with van der Waals surface area (Å²) in [6.45, 7) is 3.80. The van der Waals surface area contributed by atoms with Crippen LogP contribution in [0, 0.1) is 0 Å². The minimum atomic E-state index is -0.481. The molecule has 0 saturated heterocycles. The predicted molar refractivity (Wildman–Crippen MR) is 64.6 cm³/mol. The number of aromatic hydroxyl groups is 1. The molecule has 0 heterocycles. The van der Waals surface area contributed by atoms with Gasteiger partial charge in [-0.1, -0.05) is 12.1 Å². The van der Waals surface area contributed by atoms with Crippen molar-refractivity contribution < 1.29 is 9.90 Å². The molecule has 3 nitrogen and oxygen atoms in total. The van der Waals surface area contributed by atoms with Crippen molar-refractivity contribution in [2.45, 2.75) is 25.8 Å². The monoisotopic (exact) mass is 221 g/mol. The second kappa shape index (κ2) is 4.66. The van der Waals surface area contributed by atoms with E-state index in [2.05, 4.69) is 0 Å². The number of Topliss-reactive ketones (excluding diaryl/α,β-unsaturated/α-hetero) is 1. The zero-order valence-electron chi connectivity index (χ0n) is 10.3. The number of phenols is 1. The second-order valence-electron chi connectivity index (χ2n) is 4.72. The summed E-state index contributed by atoms with van der Waals surface area (Å²) in [7, 11) is 3.78. The van der Waals surface area contributed by atoms with E-state index in [1.807, 2.05) is 38.9 Å². The zero-order valence-corrected chi connectivity index (χ0v) is 10.3. The number of ketones is 1. The Morgan fingerprint density at radius 2 is 2.00 bits per heavy atom. The van der Waals surface area contributed by atoms with Gasteiger partial charge in [-0.2, -0.15) is 0 Å². The predicted octanol–water partition coefficient (Wildman–Crippen LogP) is 1.84. The van der Waals surface area contributed by atoms with Gasteiger partial charge in [0.2, 0.25) is 0 Å². The van der Waals surface area contributed by atoms with Crippen molar-refractivity contribution in [3.63, 3.8) is 0 Å². The molecule has 0 bridgehead atoms. The van der Waals surface area contributed by atoms with Crippen molar-refractivity contribution in [2.24, 2.45) is 0 Å². The first kappa shape index (κ1) is 12.7. The lowest BCUT2D eigenvalue weighted by atomic mass is 9.92. The van der Waals surface area contributed by atoms with Crippen LogP contribution in [-0.4, -0.2) is 35.4 Å². The molecule has 16 heavy (non-hydrogen) atoms. The van der Waals surface area contributed by atoms with Crippen molar-refractivity contribution in [3.8, 4) is 5.75 Å². The lowest BCUT2D eigenvalue weighted by Crippen LogP contribution is -2.46. The molecule has 1 aromatic carbocycles. The molecule has 88 valence electrons. The maximum Gasteiger partial charge on any atom is 0.156 e. The smallest absolute Gasteiger partial charge is 0.156 e. The van der Waals surface area contributed by atoms with Crippen molar-refractivity contribution in [2.75, 3.05) is 14.1 Å². The van der Waals surface area contributed by atoms with Gasteiger partial charge in [-0.15, -0.1) is 0 Å². The summed E-state index contributed by atoms with van der Waals surface area (Å²) in [6, 6.07) is 6.83. The number of carbonyl (C=O) groups is 1. The fourth-order valence-corrected chi connectivity index (χ4v) is 1.32. The lowest BCUT2D eigenvalue weighted by Gasteiger charge is -2.30. The molecule has 0 amide bonds. The largest absolute Gasteiger partial charge is 0.508 e. The first-order valence-corrected chi connectivity index (χ1v) is 5.32. The molecule has 1 N–H and O–H groups in total. The first-order chi connectivity index (χ1) is 7.34. The van der Waals surface area contributed by atoms with Gasteiger partial charge < -0.3 is 5.11 Å². The van der Waals surface area contributed by atoms with E-state index in [9.17, 15) is 9.90 Å². The lowest BCUT2D eigenvalue weighted by molar-refractivity contribution is -0.127. The molecule has 0 fully saturated rings. The van der Waals surface area contributed by atoms with Crippen LogP contribution in [0.3, 0.4) is 0 Å². The van der Waals surface area contributed by atoms with E-state index in [0.717, 1.165) is 5.56 Å². The standard InChI is InChI=1S/C13H19NO2/c1-13(2,14(3)4)12(16)9-10-6-5-7-11(15)8-10/h5-8,15H,9H2,1-4H3. The molecule has 0 unspecified atom stereocenters. The van der Waals surface area contributed by atoms with E-state index in [0.29, 0.717) is 6.42 Å². The van der Waals surface area contributed by atoms with E-state index in [4.69, 9.17) is 0 Å². The van der Waals surface area contributed by atoms with E-state index in [1.54, 1.807) is 18.2 Å². The van der Waals surface area contributed by atoms with Gasteiger partial charge in [0.1, 0.15) is 5.75 Å². The third-order valence-electron chi connectivity index (χ3n) is 3.08. The van der Waals surface area contributed by atoms with E-state index in [1.165, 1.54) is 0 Å². The van der Waals surface area contributed by atoms with Gasteiger partial charge in [-0.05, 0) is 45.6 Å². The minimum absolute atomic E-state index is 0.142. The molecule has 0 spiro atoms. The molecule has 0 saturated carbocycles. The highest BCUT2D eigenvalue weighted by atomic mass is 16.3. The number of hydrogen-bond acceptors (Lipinski definition) is 3. The average Bonchev–Trinajstić information content (AvgIpc) is 2.17. The highest BCUT2D eigenvalue weighted by molar-refractivity contribution is 5.89. The van der Waals surface area contributed by atoms with Gasteiger partial charge in [-0.3, -0.25) is 9.69 Å². The van der Waals surface area contributed by atoms with Crippen LogP contribution in [0.5, 0.6) is 5.75 Å². The molecular formula is C13H19NO2. The molecular weight excluding hydrogens is 202 g/mol. The van der Waals surface area contributed by atoms with Crippen LogP contribution in [0.25, 0.3) is 0 Å². The fourth-order valence-electron chi connectivity index (χ4n) is 1.32. The van der Waals surface area contributed by atoms with Gasteiger partial charge in [0, 0.05) is 6.42 Å². The summed E-state index contributed by atoms with van der Waals surface area (Å²) in [5.74, 6) is 0.344. The van der Waals surface area contributed by atoms with Crippen LogP contribution in [-0.2, 0) is 11.2 Å². The molecule has 0 aromatic heterocycles. The molecule has 0 atom stereocenters. The maximum absolute atomic E-state index is 12.1. The molecule has 3 heteroatoms. The van der Waals surface area contributed by atoms with Gasteiger partial charge in [-0.25, -0.2) is 0 Å². The summed E-state index contributed by atoms with van der Waals surface area (Å²) >= 11 is 0. The summed E-state index contributed by atoms with van der Waals surface area (Å²) in [4.78, 5) is 14.0. The highest BCUT2D eigenvalue weighted by Gasteiger charge is 2.29. The summed E-state index contributed by atoms with van der Waals surface area (Å²) in [6.07, 6.45) is 0.347. The molecule has 0 aliphatic heterocycles. The number of carbonyl (C=O) groups excluding carboxylic acids is 1. The quantitative estimate of drug-likeness (QED) is 0.843. The highest BCUT2D eigenvalue weighted by Crippen LogP contribution is 2.17. The summed E-state index contributed by atoms with van der Waals surface area (Å²) in [5, 5.41) is 9.32. The summed E-state index contributed by atoms with van der Waals surface area (Å²) in [5.41, 5.74) is 0.366. The number of phenolic OH excluding ortho intramolecular Hbond substituents is 1. The Balaban J connectivity index is 2.79. The Bertz CT molecular complexity index is 383. The first-order valence-electron chi connectivity index (χ1n) is 5.32. The topological polar surface area (TPSA) is 40.5 Å². The minimum Gasteiger partial charge on any atom is -0.508 e. The Labute approximate surface area is 96.7 Å². The maximum atomic E-state index is 12.1. The van der Waals surface area contributed by atoms with Crippen molar-refractivity contribution >= 4 is 5.78 Å². The SMILES string of the molecule is CN(C)C(C)(C)C(=O)Cc1cccc(O)c1. The van der Waals surface area contributed by atoms with E-state index < -0.39 is 5.54 Å². The number of nitrogens with zero attached hydrogens (tertiary/aromatic N) is 1. The number of likely N-dealkylation sites (N-methyl/N-ethyl adjacent to an activating group) is 1. The molecule has 0 aliphatic carbocycles. The van der Waals surface area contributed by atoms with E-state index in [-0.39, 0.29) is 11.5 Å². The zero-order chi connectivity index (χ0) is 12.3. The van der Waals surface area contributed by atoms with Crippen LogP contribution in [0.4, 0.5) is 0 Å². The van der Waals surface area contributed by atoms with E-state index >= 15 is 0 Å². The van der Waals surface area contributed by atoms with Gasteiger partial charge in [0.05, 0.1) is 5.54 Å². The van der Waals surface area contributed by atoms with Crippen molar-refractivity contribution in [1.29, 1.82) is 0 Å². The summed E-state index contributed by atoms with van der Waals surface area (Å²) < 4.78 is 0.